The molecule has 0 aromatic carbocycles. The number of hydrogen-bond donors (Lipinski definition) is 4. The van der Waals surface area contributed by atoms with E-state index in [1.54, 1.807) is 19.9 Å². The second-order valence-electron chi connectivity index (χ2n) is 7.03. The SMILES string of the molecule is C/C(=C\[C@@H]1C[C@H](SC2=C(C(=O)O)N3C(=O)[C@H]([C@@H](C)O)[C@H]3C2)CN1)C(N)=O. The van der Waals surface area contributed by atoms with Crippen LogP contribution in [-0.4, -0.2) is 62.9 Å². The molecule has 0 saturated carbocycles. The van der Waals surface area contributed by atoms with Gasteiger partial charge in [0.1, 0.15) is 5.70 Å². The average molecular weight is 381 g/mol. The van der Waals surface area contributed by atoms with Crippen molar-refractivity contribution in [1.29, 1.82) is 0 Å². The number of hydrogen-bond acceptors (Lipinski definition) is 6. The van der Waals surface area contributed by atoms with Crippen molar-refractivity contribution in [3.05, 3.63) is 22.3 Å². The van der Waals surface area contributed by atoms with E-state index in [-0.39, 0.29) is 28.9 Å². The minimum absolute atomic E-state index is 0.0131. The second-order valence-corrected chi connectivity index (χ2v) is 8.42. The lowest BCUT2D eigenvalue weighted by molar-refractivity contribution is -0.161. The van der Waals surface area contributed by atoms with Crippen LogP contribution in [0.4, 0.5) is 0 Å². The van der Waals surface area contributed by atoms with Gasteiger partial charge in [0.15, 0.2) is 0 Å². The Morgan fingerprint density at radius 2 is 2.15 bits per heavy atom. The molecule has 0 bridgehead atoms. The molecule has 2 fully saturated rings. The predicted molar refractivity (Wildman–Crippen MR) is 95.8 cm³/mol. The van der Waals surface area contributed by atoms with Crippen LogP contribution < -0.4 is 11.1 Å². The van der Waals surface area contributed by atoms with E-state index in [0.29, 0.717) is 23.4 Å². The van der Waals surface area contributed by atoms with E-state index in [9.17, 15) is 24.6 Å². The van der Waals surface area contributed by atoms with Crippen LogP contribution >= 0.6 is 11.8 Å². The number of rotatable bonds is 6. The third kappa shape index (κ3) is 3.26. The zero-order valence-corrected chi connectivity index (χ0v) is 15.5. The molecule has 3 aliphatic heterocycles. The van der Waals surface area contributed by atoms with E-state index < -0.39 is 23.9 Å². The normalized spacial score (nSPS) is 32.5. The monoisotopic (exact) mass is 381 g/mol. The van der Waals surface area contributed by atoms with Crippen molar-refractivity contribution in [3.8, 4) is 0 Å². The molecule has 8 nitrogen and oxygen atoms in total. The number of aliphatic carboxylic acids is 1. The Hall–Kier alpha value is -1.84. The van der Waals surface area contributed by atoms with Gasteiger partial charge in [-0.3, -0.25) is 9.59 Å². The van der Waals surface area contributed by atoms with Crippen molar-refractivity contribution < 1.29 is 24.6 Å². The van der Waals surface area contributed by atoms with Gasteiger partial charge in [-0.25, -0.2) is 4.79 Å². The number of β-lactam (4-membered cyclic amide) rings is 1. The fourth-order valence-electron chi connectivity index (χ4n) is 3.87. The van der Waals surface area contributed by atoms with Crippen molar-refractivity contribution in [2.45, 2.75) is 50.1 Å². The van der Waals surface area contributed by atoms with E-state index >= 15 is 0 Å². The molecule has 5 N–H and O–H groups in total. The standard InChI is InChI=1S/C17H23N3O5S/c1-7(15(18)22)3-9-4-10(6-19-9)26-12-5-11-13(8(2)21)16(23)20(11)14(12)17(24)25/h3,8-11,13,19,21H,4-6H2,1-2H3,(H2,18,22)(H,24,25)/b7-3+/t8-,9-,10+,11-,13-/m1/s1. The van der Waals surface area contributed by atoms with Crippen LogP contribution in [-0.2, 0) is 14.4 Å². The highest BCUT2D eigenvalue weighted by Crippen LogP contribution is 2.48. The van der Waals surface area contributed by atoms with Crippen LogP contribution in [0.3, 0.4) is 0 Å². The summed E-state index contributed by atoms with van der Waals surface area (Å²) < 4.78 is 0. The van der Waals surface area contributed by atoms with Crippen molar-refractivity contribution in [3.63, 3.8) is 0 Å². The minimum Gasteiger partial charge on any atom is -0.477 e. The Morgan fingerprint density at radius 3 is 2.73 bits per heavy atom. The molecule has 3 aliphatic rings. The number of amides is 2. The summed E-state index contributed by atoms with van der Waals surface area (Å²) in [6.45, 7) is 3.90. The first-order valence-electron chi connectivity index (χ1n) is 8.56. The van der Waals surface area contributed by atoms with Crippen molar-refractivity contribution in [1.82, 2.24) is 10.2 Å². The Balaban J connectivity index is 1.70. The summed E-state index contributed by atoms with van der Waals surface area (Å²) in [7, 11) is 0. The van der Waals surface area contributed by atoms with Crippen LogP contribution in [0.25, 0.3) is 0 Å². The number of thioether (sulfide) groups is 1. The Morgan fingerprint density at radius 1 is 1.46 bits per heavy atom. The first kappa shape index (κ1) is 18.9. The third-order valence-electron chi connectivity index (χ3n) is 5.16. The highest BCUT2D eigenvalue weighted by atomic mass is 32.2. The Bertz CT molecular complexity index is 717. The zero-order valence-electron chi connectivity index (χ0n) is 14.6. The van der Waals surface area contributed by atoms with Gasteiger partial charge in [0.2, 0.25) is 11.8 Å². The summed E-state index contributed by atoms with van der Waals surface area (Å²) in [4.78, 5) is 37.0. The number of aliphatic hydroxyl groups excluding tert-OH is 1. The molecule has 9 heteroatoms. The fourth-order valence-corrected chi connectivity index (χ4v) is 5.32. The van der Waals surface area contributed by atoms with Gasteiger partial charge in [0, 0.05) is 34.7 Å². The maximum atomic E-state index is 12.2. The number of aliphatic hydroxyl groups is 1. The van der Waals surface area contributed by atoms with Gasteiger partial charge >= 0.3 is 5.97 Å². The molecule has 5 atom stereocenters. The van der Waals surface area contributed by atoms with Gasteiger partial charge in [-0.1, -0.05) is 6.08 Å². The summed E-state index contributed by atoms with van der Waals surface area (Å²) in [6, 6.07) is -0.252. The highest BCUT2D eigenvalue weighted by molar-refractivity contribution is 8.03. The van der Waals surface area contributed by atoms with Crippen LogP contribution in [0.5, 0.6) is 0 Å². The molecule has 0 spiro atoms. The van der Waals surface area contributed by atoms with Gasteiger partial charge in [-0.05, 0) is 20.3 Å². The number of carboxylic acids is 1. The molecule has 0 unspecified atom stereocenters. The predicted octanol–water partition coefficient (Wildman–Crippen LogP) is -0.211. The van der Waals surface area contributed by atoms with Crippen molar-refractivity contribution in [2.75, 3.05) is 6.54 Å². The summed E-state index contributed by atoms with van der Waals surface area (Å²) in [5.41, 5.74) is 5.79. The third-order valence-corrected chi connectivity index (χ3v) is 6.50. The Kier molecular flexibility index (Phi) is 5.14. The highest BCUT2D eigenvalue weighted by Gasteiger charge is 2.57. The number of carbonyl (C=O) groups is 3. The molecule has 26 heavy (non-hydrogen) atoms. The lowest BCUT2D eigenvalue weighted by atomic mass is 9.83. The zero-order chi connectivity index (χ0) is 19.2. The molecular weight excluding hydrogens is 358 g/mol. The van der Waals surface area contributed by atoms with Crippen LogP contribution in [0.1, 0.15) is 26.7 Å². The minimum atomic E-state index is -1.11. The van der Waals surface area contributed by atoms with E-state index in [0.717, 1.165) is 6.42 Å². The quantitative estimate of drug-likeness (QED) is 0.369. The van der Waals surface area contributed by atoms with E-state index in [1.807, 2.05) is 0 Å². The van der Waals surface area contributed by atoms with Crippen molar-refractivity contribution >= 4 is 29.5 Å². The number of primary amides is 1. The summed E-state index contributed by atoms with van der Waals surface area (Å²) in [5.74, 6) is -2.42. The second kappa shape index (κ2) is 7.05. The molecule has 0 radical (unpaired) electrons. The van der Waals surface area contributed by atoms with Crippen molar-refractivity contribution in [2.24, 2.45) is 11.7 Å². The number of carbonyl (C=O) groups excluding carboxylic acids is 2. The lowest BCUT2D eigenvalue weighted by Gasteiger charge is -2.44. The summed E-state index contributed by atoms with van der Waals surface area (Å²) in [6.07, 6.45) is 2.21. The number of carboxylic acid groups (broad SMARTS) is 1. The average Bonchev–Trinajstić information content (AvgIpc) is 3.09. The fraction of sp³-hybridized carbons (Fsp3) is 0.588. The molecule has 142 valence electrons. The summed E-state index contributed by atoms with van der Waals surface area (Å²) >= 11 is 1.47. The number of fused-ring (bicyclic) bond motifs is 1. The van der Waals surface area contributed by atoms with Crippen LogP contribution in [0.15, 0.2) is 22.3 Å². The lowest BCUT2D eigenvalue weighted by Crippen LogP contribution is -2.61. The molecule has 0 aromatic heterocycles. The van der Waals surface area contributed by atoms with Gasteiger partial charge in [-0.2, -0.15) is 0 Å². The Labute approximate surface area is 155 Å². The number of nitrogens with one attached hydrogen (secondary N) is 1. The molecule has 2 saturated heterocycles. The largest absolute Gasteiger partial charge is 0.477 e. The van der Waals surface area contributed by atoms with Gasteiger partial charge < -0.3 is 26.2 Å². The maximum absolute atomic E-state index is 12.2. The maximum Gasteiger partial charge on any atom is 0.353 e. The van der Waals surface area contributed by atoms with E-state index in [1.165, 1.54) is 16.7 Å². The molecule has 0 aliphatic carbocycles. The molecular formula is C17H23N3O5S. The van der Waals surface area contributed by atoms with Crippen LogP contribution in [0, 0.1) is 5.92 Å². The van der Waals surface area contributed by atoms with Crippen LogP contribution in [0.2, 0.25) is 0 Å². The van der Waals surface area contributed by atoms with E-state index in [2.05, 4.69) is 5.32 Å². The molecule has 3 rings (SSSR count). The first-order chi connectivity index (χ1) is 12.2. The van der Waals surface area contributed by atoms with Gasteiger partial charge in [0.05, 0.1) is 18.1 Å². The number of nitrogens with two attached hydrogens (primary N) is 1. The van der Waals surface area contributed by atoms with E-state index in [4.69, 9.17) is 5.73 Å². The van der Waals surface area contributed by atoms with Gasteiger partial charge in [0.25, 0.3) is 0 Å². The summed E-state index contributed by atoms with van der Waals surface area (Å²) in [5, 5.41) is 22.8. The topological polar surface area (TPSA) is 133 Å². The molecule has 2 amide bonds. The molecule has 3 heterocycles. The first-order valence-corrected chi connectivity index (χ1v) is 9.44. The number of nitrogens with zero attached hydrogens (tertiary/aromatic N) is 1. The smallest absolute Gasteiger partial charge is 0.353 e. The molecule has 0 aromatic rings. The van der Waals surface area contributed by atoms with Gasteiger partial charge in [-0.15, -0.1) is 11.8 Å².